The van der Waals surface area contributed by atoms with Crippen LogP contribution in [0.25, 0.3) is 0 Å². The standard InChI is InChI=1S/C20H34N4/c1-5-17-9-11-19(12-10-17)16(3)23-20(21-6-2)22-14-18-8-7-13-24(4)15-18/h9-12,16,18H,5-8,13-15H2,1-4H3,(H2,21,22,23). The largest absolute Gasteiger partial charge is 0.357 e. The Labute approximate surface area is 147 Å². The van der Waals surface area contributed by atoms with Gasteiger partial charge in [-0.15, -0.1) is 0 Å². The lowest BCUT2D eigenvalue weighted by atomic mass is 9.99. The first-order valence-electron chi connectivity index (χ1n) is 9.44. The highest BCUT2D eigenvalue weighted by atomic mass is 15.2. The first-order chi connectivity index (χ1) is 11.6. The number of benzene rings is 1. The number of hydrogen-bond acceptors (Lipinski definition) is 2. The van der Waals surface area contributed by atoms with Gasteiger partial charge in [0.25, 0.3) is 0 Å². The molecule has 1 fully saturated rings. The maximum atomic E-state index is 4.84. The van der Waals surface area contributed by atoms with Crippen molar-refractivity contribution in [2.24, 2.45) is 10.9 Å². The summed E-state index contributed by atoms with van der Waals surface area (Å²) in [5.41, 5.74) is 2.68. The molecule has 2 unspecified atom stereocenters. The molecule has 1 heterocycles. The first-order valence-corrected chi connectivity index (χ1v) is 9.44. The molecule has 1 aliphatic heterocycles. The molecule has 24 heavy (non-hydrogen) atoms. The van der Waals surface area contributed by atoms with Crippen LogP contribution in [0, 0.1) is 5.92 Å². The topological polar surface area (TPSA) is 39.7 Å². The summed E-state index contributed by atoms with van der Waals surface area (Å²) in [6, 6.07) is 9.12. The van der Waals surface area contributed by atoms with E-state index in [-0.39, 0.29) is 6.04 Å². The number of rotatable bonds is 6. The number of nitrogens with zero attached hydrogens (tertiary/aromatic N) is 2. The van der Waals surface area contributed by atoms with Crippen molar-refractivity contribution in [2.75, 3.05) is 33.2 Å². The van der Waals surface area contributed by atoms with Gasteiger partial charge in [-0.1, -0.05) is 31.2 Å². The second-order valence-electron chi connectivity index (χ2n) is 6.95. The molecule has 1 saturated heterocycles. The van der Waals surface area contributed by atoms with E-state index in [0.29, 0.717) is 5.92 Å². The van der Waals surface area contributed by atoms with Gasteiger partial charge in [0.1, 0.15) is 0 Å². The molecule has 4 heteroatoms. The molecule has 4 nitrogen and oxygen atoms in total. The van der Waals surface area contributed by atoms with Crippen molar-refractivity contribution < 1.29 is 0 Å². The molecule has 1 aromatic rings. The molecular formula is C20H34N4. The highest BCUT2D eigenvalue weighted by Crippen LogP contribution is 2.16. The Morgan fingerprint density at radius 2 is 2.04 bits per heavy atom. The van der Waals surface area contributed by atoms with E-state index in [9.17, 15) is 0 Å². The van der Waals surface area contributed by atoms with Crippen LogP contribution < -0.4 is 10.6 Å². The Hall–Kier alpha value is -1.55. The summed E-state index contributed by atoms with van der Waals surface area (Å²) in [4.78, 5) is 7.26. The molecule has 2 atom stereocenters. The average molecular weight is 331 g/mol. The summed E-state index contributed by atoms with van der Waals surface area (Å²) in [5, 5.41) is 6.93. The van der Waals surface area contributed by atoms with Gasteiger partial charge in [-0.25, -0.2) is 0 Å². The van der Waals surface area contributed by atoms with Crippen LogP contribution in [0.3, 0.4) is 0 Å². The Morgan fingerprint density at radius 1 is 1.29 bits per heavy atom. The highest BCUT2D eigenvalue weighted by Gasteiger charge is 2.17. The molecule has 2 N–H and O–H groups in total. The minimum atomic E-state index is 0.253. The Bertz CT molecular complexity index is 509. The molecule has 134 valence electrons. The van der Waals surface area contributed by atoms with Crippen LogP contribution in [0.15, 0.2) is 29.3 Å². The summed E-state index contributed by atoms with van der Waals surface area (Å²) in [7, 11) is 2.21. The zero-order valence-corrected chi connectivity index (χ0v) is 15.8. The monoisotopic (exact) mass is 330 g/mol. The lowest BCUT2D eigenvalue weighted by Gasteiger charge is -2.29. The normalized spacial score (nSPS) is 20.7. The van der Waals surface area contributed by atoms with Gasteiger partial charge in [0.15, 0.2) is 5.96 Å². The van der Waals surface area contributed by atoms with Crippen LogP contribution in [-0.2, 0) is 6.42 Å². The van der Waals surface area contributed by atoms with E-state index < -0.39 is 0 Å². The third-order valence-electron chi connectivity index (χ3n) is 4.82. The second-order valence-corrected chi connectivity index (χ2v) is 6.95. The number of piperidine rings is 1. The number of likely N-dealkylation sites (tertiary alicyclic amines) is 1. The molecule has 0 aromatic heterocycles. The molecule has 0 amide bonds. The van der Waals surface area contributed by atoms with E-state index in [2.05, 4.69) is 67.6 Å². The molecule has 0 spiro atoms. The molecular weight excluding hydrogens is 296 g/mol. The Balaban J connectivity index is 1.94. The molecule has 2 rings (SSSR count). The van der Waals surface area contributed by atoms with E-state index in [0.717, 1.165) is 32.0 Å². The van der Waals surface area contributed by atoms with Crippen molar-refractivity contribution in [1.29, 1.82) is 0 Å². The summed E-state index contributed by atoms with van der Waals surface area (Å²) in [5.74, 6) is 1.61. The van der Waals surface area contributed by atoms with Gasteiger partial charge in [-0.2, -0.15) is 0 Å². The van der Waals surface area contributed by atoms with Crippen LogP contribution in [0.5, 0.6) is 0 Å². The van der Waals surface area contributed by atoms with Gasteiger partial charge in [0, 0.05) is 19.6 Å². The van der Waals surface area contributed by atoms with E-state index in [1.54, 1.807) is 0 Å². The summed E-state index contributed by atoms with van der Waals surface area (Å²) in [6.45, 7) is 10.7. The van der Waals surface area contributed by atoms with Crippen LogP contribution in [0.1, 0.15) is 50.8 Å². The van der Waals surface area contributed by atoms with Crippen LogP contribution in [0.4, 0.5) is 0 Å². The Morgan fingerprint density at radius 3 is 2.67 bits per heavy atom. The first kappa shape index (κ1) is 18.8. The third kappa shape index (κ3) is 5.82. The maximum Gasteiger partial charge on any atom is 0.191 e. The van der Waals surface area contributed by atoms with Crippen molar-refractivity contribution in [3.8, 4) is 0 Å². The number of guanidine groups is 1. The molecule has 0 saturated carbocycles. The van der Waals surface area contributed by atoms with Crippen LogP contribution in [0.2, 0.25) is 0 Å². The fraction of sp³-hybridized carbons (Fsp3) is 0.650. The summed E-state index contributed by atoms with van der Waals surface area (Å²) in [6.07, 6.45) is 3.67. The van der Waals surface area contributed by atoms with Gasteiger partial charge < -0.3 is 15.5 Å². The molecule has 1 aromatic carbocycles. The van der Waals surface area contributed by atoms with Gasteiger partial charge in [-0.3, -0.25) is 4.99 Å². The Kier molecular flexibility index (Phi) is 7.57. The van der Waals surface area contributed by atoms with E-state index in [1.807, 2.05) is 0 Å². The van der Waals surface area contributed by atoms with Crippen molar-refractivity contribution >= 4 is 5.96 Å². The lowest BCUT2D eigenvalue weighted by Crippen LogP contribution is -2.40. The van der Waals surface area contributed by atoms with E-state index >= 15 is 0 Å². The SMILES string of the molecule is CCNC(=NCC1CCCN(C)C1)NC(C)c1ccc(CC)cc1. The predicted molar refractivity (Wildman–Crippen MR) is 104 cm³/mol. The minimum Gasteiger partial charge on any atom is -0.357 e. The smallest absolute Gasteiger partial charge is 0.191 e. The van der Waals surface area contributed by atoms with Gasteiger partial charge in [-0.05, 0) is 63.7 Å². The van der Waals surface area contributed by atoms with Crippen molar-refractivity contribution in [3.05, 3.63) is 35.4 Å². The predicted octanol–water partition coefficient (Wildman–Crippen LogP) is 3.21. The highest BCUT2D eigenvalue weighted by molar-refractivity contribution is 5.80. The quantitative estimate of drug-likeness (QED) is 0.621. The van der Waals surface area contributed by atoms with Gasteiger partial charge in [0.2, 0.25) is 0 Å². The van der Waals surface area contributed by atoms with Gasteiger partial charge in [0.05, 0.1) is 6.04 Å². The van der Waals surface area contributed by atoms with Crippen LogP contribution in [-0.4, -0.2) is 44.1 Å². The maximum absolute atomic E-state index is 4.84. The zero-order valence-electron chi connectivity index (χ0n) is 15.8. The van der Waals surface area contributed by atoms with Crippen molar-refractivity contribution in [3.63, 3.8) is 0 Å². The second kappa shape index (κ2) is 9.67. The molecule has 0 bridgehead atoms. The lowest BCUT2D eigenvalue weighted by molar-refractivity contribution is 0.214. The molecule has 0 aliphatic carbocycles. The molecule has 0 radical (unpaired) electrons. The average Bonchev–Trinajstić information content (AvgIpc) is 2.60. The number of aliphatic imine (C=N–C) groups is 1. The zero-order chi connectivity index (χ0) is 17.4. The summed E-state index contributed by atoms with van der Waals surface area (Å²) >= 11 is 0. The van der Waals surface area contributed by atoms with Gasteiger partial charge >= 0.3 is 0 Å². The number of aryl methyl sites for hydroxylation is 1. The molecule has 1 aliphatic rings. The third-order valence-corrected chi connectivity index (χ3v) is 4.82. The summed E-state index contributed by atoms with van der Waals surface area (Å²) < 4.78 is 0. The number of hydrogen-bond donors (Lipinski definition) is 2. The van der Waals surface area contributed by atoms with Crippen molar-refractivity contribution in [2.45, 2.75) is 46.1 Å². The van der Waals surface area contributed by atoms with Crippen molar-refractivity contribution in [1.82, 2.24) is 15.5 Å². The number of nitrogens with one attached hydrogen (secondary N) is 2. The van der Waals surface area contributed by atoms with E-state index in [1.165, 1.54) is 30.5 Å². The van der Waals surface area contributed by atoms with E-state index in [4.69, 9.17) is 4.99 Å². The minimum absolute atomic E-state index is 0.253. The van der Waals surface area contributed by atoms with Crippen LogP contribution >= 0.6 is 0 Å². The fourth-order valence-corrected chi connectivity index (χ4v) is 3.29. The fourth-order valence-electron chi connectivity index (χ4n) is 3.29.